The van der Waals surface area contributed by atoms with Crippen molar-refractivity contribution < 1.29 is 46.1 Å². The van der Waals surface area contributed by atoms with Crippen molar-refractivity contribution in [2.75, 3.05) is 10.0 Å². The molecule has 0 aromatic heterocycles. The number of carbonyl (C=O) groups excluding carboxylic acids is 2. The van der Waals surface area contributed by atoms with E-state index in [-0.39, 0.29) is 48.5 Å². The van der Waals surface area contributed by atoms with Crippen molar-refractivity contribution in [2.45, 2.75) is 63.3 Å². The van der Waals surface area contributed by atoms with Crippen LogP contribution in [0.1, 0.15) is 39.5 Å². The van der Waals surface area contributed by atoms with Crippen LogP contribution >= 0.6 is 0 Å². The third-order valence-corrected chi connectivity index (χ3v) is 6.86. The molecule has 2 aliphatic rings. The lowest BCUT2D eigenvalue weighted by molar-refractivity contribution is -0.169. The number of hydrogen-bond acceptors (Lipinski definition) is 8. The summed E-state index contributed by atoms with van der Waals surface area (Å²) in [6.45, 7) is 2.55. The predicted molar refractivity (Wildman–Crippen MR) is 149 cm³/mol. The van der Waals surface area contributed by atoms with Crippen molar-refractivity contribution in [3.05, 3.63) is 60.7 Å². The molecule has 2 heterocycles. The van der Waals surface area contributed by atoms with Crippen molar-refractivity contribution in [2.24, 2.45) is 20.2 Å². The molecule has 2 unspecified atom stereocenters. The molecule has 44 heavy (non-hydrogen) atoms. The fraction of sp³-hybridized carbons (Fsp3) is 0.357. The number of anilines is 2. The van der Waals surface area contributed by atoms with Gasteiger partial charge in [0.25, 0.3) is 0 Å². The van der Waals surface area contributed by atoms with Gasteiger partial charge in [-0.25, -0.2) is 20.0 Å². The Morgan fingerprint density at radius 3 is 1.30 bits per heavy atom. The number of aliphatic imine (C=N–C) groups is 2. The predicted octanol–water partition coefficient (Wildman–Crippen LogP) is 4.78. The maximum atomic E-state index is 13.1. The van der Waals surface area contributed by atoms with Gasteiger partial charge in [0.15, 0.2) is 0 Å². The smallest absolute Gasteiger partial charge is 0.364 e. The summed E-state index contributed by atoms with van der Waals surface area (Å²) < 4.78 is 78.6. The Hall–Kier alpha value is -4.44. The van der Waals surface area contributed by atoms with E-state index in [0.717, 1.165) is 10.0 Å². The SMILES string of the molecule is CC1=NN(c2ccccc2)C(O)(CCCCC2(O)C(=NC(=O)C(F)(F)F)C(C)=NN2c2ccccc2)C1=NC(=O)C(F)(F)F. The van der Waals surface area contributed by atoms with Gasteiger partial charge in [-0.1, -0.05) is 36.4 Å². The lowest BCUT2D eigenvalue weighted by atomic mass is 9.93. The summed E-state index contributed by atoms with van der Waals surface area (Å²) in [5, 5.41) is 33.7. The van der Waals surface area contributed by atoms with Crippen molar-refractivity contribution in [1.29, 1.82) is 0 Å². The van der Waals surface area contributed by atoms with Crippen molar-refractivity contribution >= 4 is 46.0 Å². The number of aliphatic hydroxyl groups is 2. The molecule has 0 radical (unpaired) electrons. The Morgan fingerprint density at radius 1 is 0.682 bits per heavy atom. The van der Waals surface area contributed by atoms with E-state index < -0.39 is 47.0 Å². The molecule has 0 spiro atoms. The molecule has 0 fully saturated rings. The molecular weight excluding hydrogens is 598 g/mol. The van der Waals surface area contributed by atoms with Crippen LogP contribution in [-0.2, 0) is 9.59 Å². The number of halogens is 6. The molecule has 10 nitrogen and oxygen atoms in total. The van der Waals surface area contributed by atoms with Gasteiger partial charge in [0.05, 0.1) is 22.8 Å². The van der Waals surface area contributed by atoms with Crippen LogP contribution in [0.2, 0.25) is 0 Å². The summed E-state index contributed by atoms with van der Waals surface area (Å²) in [6, 6.07) is 15.8. The summed E-state index contributed by atoms with van der Waals surface area (Å²) in [6.07, 6.45) is -11.5. The Kier molecular flexibility index (Phi) is 8.80. The van der Waals surface area contributed by atoms with E-state index in [0.29, 0.717) is 0 Å². The van der Waals surface area contributed by atoms with Crippen molar-refractivity contribution in [1.82, 2.24) is 0 Å². The Balaban J connectivity index is 1.64. The molecule has 0 saturated heterocycles. The van der Waals surface area contributed by atoms with E-state index in [1.807, 2.05) is 0 Å². The van der Waals surface area contributed by atoms with Crippen molar-refractivity contribution in [3.63, 3.8) is 0 Å². The summed E-state index contributed by atoms with van der Waals surface area (Å²) in [4.78, 5) is 29.8. The number of rotatable bonds is 7. The number of hydrogen-bond donors (Lipinski definition) is 2. The highest BCUT2D eigenvalue weighted by atomic mass is 19.4. The van der Waals surface area contributed by atoms with Gasteiger partial charge in [0.2, 0.25) is 11.4 Å². The van der Waals surface area contributed by atoms with Crippen LogP contribution in [0.15, 0.2) is 80.9 Å². The normalized spacial score (nSPS) is 24.2. The first-order valence-corrected chi connectivity index (χ1v) is 13.2. The van der Waals surface area contributed by atoms with Crippen LogP contribution in [0.5, 0.6) is 0 Å². The highest BCUT2D eigenvalue weighted by molar-refractivity contribution is 6.48. The number of amides is 2. The monoisotopic (exact) mass is 624 g/mol. The fourth-order valence-electron chi connectivity index (χ4n) is 4.88. The number of benzene rings is 2. The summed E-state index contributed by atoms with van der Waals surface area (Å²) in [5.41, 5.74) is -5.69. The number of para-hydroxylation sites is 2. The van der Waals surface area contributed by atoms with Gasteiger partial charge in [-0.3, -0.25) is 9.59 Å². The third kappa shape index (κ3) is 6.40. The quantitative estimate of drug-likeness (QED) is 0.337. The fourth-order valence-corrected chi connectivity index (χ4v) is 4.88. The minimum atomic E-state index is -5.32. The molecule has 4 rings (SSSR count). The van der Waals surface area contributed by atoms with Gasteiger partial charge in [-0.2, -0.15) is 36.5 Å². The van der Waals surface area contributed by atoms with Crippen LogP contribution in [-0.4, -0.2) is 68.7 Å². The average molecular weight is 625 g/mol. The van der Waals surface area contributed by atoms with Gasteiger partial charge in [0, 0.05) is 12.8 Å². The molecule has 2 aromatic rings. The number of hydrazone groups is 2. The second kappa shape index (κ2) is 11.9. The van der Waals surface area contributed by atoms with Gasteiger partial charge in [0.1, 0.15) is 11.4 Å². The van der Waals surface area contributed by atoms with E-state index in [9.17, 15) is 46.1 Å². The van der Waals surface area contributed by atoms with Crippen LogP contribution < -0.4 is 10.0 Å². The topological polar surface area (TPSA) is 131 Å². The van der Waals surface area contributed by atoms with E-state index in [1.54, 1.807) is 36.4 Å². The van der Waals surface area contributed by atoms with Gasteiger partial charge in [-0.15, -0.1) is 0 Å². The molecule has 0 bridgehead atoms. The molecule has 2 aromatic carbocycles. The Bertz CT molecular complexity index is 1430. The second-order valence-corrected chi connectivity index (χ2v) is 10.0. The summed E-state index contributed by atoms with van der Waals surface area (Å²) in [5.74, 6) is -4.89. The largest absolute Gasteiger partial charge is 0.473 e. The molecule has 2 amide bonds. The van der Waals surface area contributed by atoms with Crippen LogP contribution in [0, 0.1) is 0 Å². The molecular formula is C28H26F6N6O4. The molecule has 16 heteroatoms. The average Bonchev–Trinajstić information content (AvgIpc) is 3.36. The highest BCUT2D eigenvalue weighted by Crippen LogP contribution is 2.37. The minimum absolute atomic E-state index is 0.0770. The molecule has 2 aliphatic heterocycles. The molecule has 234 valence electrons. The first kappa shape index (κ1) is 32.5. The zero-order valence-electron chi connectivity index (χ0n) is 23.3. The summed E-state index contributed by atoms with van der Waals surface area (Å²) >= 11 is 0. The number of carbonyl (C=O) groups is 2. The Morgan fingerprint density at radius 2 is 1.00 bits per heavy atom. The van der Waals surface area contributed by atoms with Gasteiger partial charge >= 0.3 is 24.2 Å². The van der Waals surface area contributed by atoms with E-state index in [4.69, 9.17) is 0 Å². The van der Waals surface area contributed by atoms with Crippen LogP contribution in [0.4, 0.5) is 37.7 Å². The number of unbranched alkanes of at least 4 members (excludes halogenated alkanes) is 1. The number of alkyl halides is 6. The van der Waals surface area contributed by atoms with E-state index in [1.165, 1.54) is 38.1 Å². The zero-order valence-corrected chi connectivity index (χ0v) is 23.3. The maximum Gasteiger partial charge on any atom is 0.473 e. The van der Waals surface area contributed by atoms with Crippen LogP contribution in [0.3, 0.4) is 0 Å². The minimum Gasteiger partial charge on any atom is -0.364 e. The first-order chi connectivity index (χ1) is 20.5. The lowest BCUT2D eigenvalue weighted by Crippen LogP contribution is -2.51. The molecule has 2 N–H and O–H groups in total. The highest BCUT2D eigenvalue weighted by Gasteiger charge is 2.51. The standard InChI is InChI=1S/C28H26F6N6O4/c1-17-21(35-23(41)27(29,30)31)25(43,39(37-17)19-11-5-3-6-12-19)15-9-10-16-26(44)22(36-24(42)28(32,33)34)18(2)38-40(26)20-13-7-4-8-14-20/h3-8,11-14,43-44H,9-10,15-16H2,1-2H3. The zero-order chi connectivity index (χ0) is 32.5. The molecule has 0 aliphatic carbocycles. The van der Waals surface area contributed by atoms with E-state index in [2.05, 4.69) is 20.2 Å². The van der Waals surface area contributed by atoms with Crippen molar-refractivity contribution in [3.8, 4) is 0 Å². The lowest BCUT2D eigenvalue weighted by Gasteiger charge is -2.35. The van der Waals surface area contributed by atoms with Gasteiger partial charge < -0.3 is 10.2 Å². The molecule has 2 atom stereocenters. The maximum absolute atomic E-state index is 13.1. The number of nitrogens with zero attached hydrogens (tertiary/aromatic N) is 6. The van der Waals surface area contributed by atoms with Crippen LogP contribution in [0.25, 0.3) is 0 Å². The Labute approximate surface area is 246 Å². The van der Waals surface area contributed by atoms with Gasteiger partial charge in [-0.05, 0) is 51.0 Å². The second-order valence-electron chi connectivity index (χ2n) is 10.0. The van der Waals surface area contributed by atoms with E-state index >= 15 is 0 Å². The third-order valence-electron chi connectivity index (χ3n) is 6.86. The summed E-state index contributed by atoms with van der Waals surface area (Å²) in [7, 11) is 0. The molecule has 0 saturated carbocycles. The first-order valence-electron chi connectivity index (χ1n) is 13.2.